The third-order valence-corrected chi connectivity index (χ3v) is 5.41. The third-order valence-electron chi connectivity index (χ3n) is 5.41. The fourth-order valence-corrected chi connectivity index (χ4v) is 3.64. The number of hydroxylamine groups is 1. The molecule has 0 bridgehead atoms. The van der Waals surface area contributed by atoms with Crippen LogP contribution in [-0.4, -0.2) is 37.7 Å². The number of unbranched alkanes of at least 4 members (excludes halogenated alkanes) is 1. The van der Waals surface area contributed by atoms with Gasteiger partial charge in [0.2, 0.25) is 0 Å². The predicted molar refractivity (Wildman–Crippen MR) is 126 cm³/mol. The number of nitrogens with one attached hydrogen (secondary N) is 2. The van der Waals surface area contributed by atoms with Crippen molar-refractivity contribution in [2.45, 2.75) is 58.5 Å². The fraction of sp³-hybridized carbons (Fsp3) is 0.462. The number of aryl methyl sites for hydroxylation is 2. The number of rotatable bonds is 10. The summed E-state index contributed by atoms with van der Waals surface area (Å²) in [6.07, 6.45) is 6.39. The molecular formula is C26H36N2O4. The lowest BCUT2D eigenvalue weighted by molar-refractivity contribution is -0.164. The zero-order chi connectivity index (χ0) is 21.7. The van der Waals surface area contributed by atoms with Gasteiger partial charge in [-0.2, -0.15) is 5.48 Å². The van der Waals surface area contributed by atoms with Crippen LogP contribution in [-0.2, 0) is 38.4 Å². The van der Waals surface area contributed by atoms with Gasteiger partial charge in [-0.1, -0.05) is 62.0 Å². The molecule has 1 fully saturated rings. The molecule has 174 valence electrons. The molecule has 2 N–H and O–H groups in total. The molecule has 0 spiro atoms. The van der Waals surface area contributed by atoms with Gasteiger partial charge in [0.1, 0.15) is 6.61 Å². The van der Waals surface area contributed by atoms with Gasteiger partial charge in [0, 0.05) is 0 Å². The zero-order valence-electron chi connectivity index (χ0n) is 18.0. The molecule has 0 aromatic heterocycles. The lowest BCUT2D eigenvalue weighted by Crippen LogP contribution is -2.35. The van der Waals surface area contributed by atoms with E-state index in [1.165, 1.54) is 11.1 Å². The molecule has 32 heavy (non-hydrogen) atoms. The van der Waals surface area contributed by atoms with Gasteiger partial charge in [0.05, 0.1) is 12.5 Å². The van der Waals surface area contributed by atoms with Crippen molar-refractivity contribution < 1.29 is 19.2 Å². The van der Waals surface area contributed by atoms with Crippen molar-refractivity contribution >= 4 is 11.9 Å². The molecule has 2 aromatic rings. The Hall–Kier alpha value is -2.70. The Kier molecular flexibility index (Phi) is 11.5. The van der Waals surface area contributed by atoms with E-state index < -0.39 is 5.97 Å². The van der Waals surface area contributed by atoms with Gasteiger partial charge in [-0.3, -0.25) is 4.79 Å². The van der Waals surface area contributed by atoms with Crippen molar-refractivity contribution in [3.05, 3.63) is 71.3 Å². The van der Waals surface area contributed by atoms with Crippen LogP contribution in [0, 0.1) is 0 Å². The van der Waals surface area contributed by atoms with Crippen LogP contribution in [0.25, 0.3) is 0 Å². The molecule has 1 saturated heterocycles. The van der Waals surface area contributed by atoms with Crippen molar-refractivity contribution in [1.82, 2.24) is 10.8 Å². The minimum atomic E-state index is -0.585. The third kappa shape index (κ3) is 9.62. The lowest BCUT2D eigenvalue weighted by atomic mass is 10.0. The Morgan fingerprint density at radius 2 is 1.47 bits per heavy atom. The monoisotopic (exact) mass is 440 g/mol. The highest BCUT2D eigenvalue weighted by Gasteiger charge is 2.16. The van der Waals surface area contributed by atoms with Crippen LogP contribution in [0.3, 0.4) is 0 Å². The molecule has 6 heteroatoms. The number of piperidine rings is 1. The summed E-state index contributed by atoms with van der Waals surface area (Å²) >= 11 is 0. The summed E-state index contributed by atoms with van der Waals surface area (Å²) in [7, 11) is 0. The lowest BCUT2D eigenvalue weighted by Gasteiger charge is -2.22. The summed E-state index contributed by atoms with van der Waals surface area (Å²) in [6, 6.07) is 18.6. The molecule has 0 atom stereocenters. The topological polar surface area (TPSA) is 76.7 Å². The Morgan fingerprint density at radius 1 is 0.875 bits per heavy atom. The molecule has 0 aliphatic carbocycles. The number of carbonyl (C=O) groups excluding carboxylic acids is 2. The second-order valence-corrected chi connectivity index (χ2v) is 7.95. The minimum Gasteiger partial charge on any atom is -0.366 e. The van der Waals surface area contributed by atoms with Crippen LogP contribution in [0.4, 0.5) is 0 Å². The van der Waals surface area contributed by atoms with Gasteiger partial charge in [-0.05, 0) is 68.3 Å². The van der Waals surface area contributed by atoms with Crippen LogP contribution in [0.1, 0.15) is 49.8 Å². The van der Waals surface area contributed by atoms with E-state index in [0.717, 1.165) is 57.2 Å². The van der Waals surface area contributed by atoms with Gasteiger partial charge in [-0.15, -0.1) is 0 Å². The predicted octanol–water partition coefficient (Wildman–Crippen LogP) is 3.77. The van der Waals surface area contributed by atoms with Gasteiger partial charge in [0.15, 0.2) is 0 Å². The highest BCUT2D eigenvalue weighted by atomic mass is 16.7. The van der Waals surface area contributed by atoms with E-state index in [1.807, 2.05) is 18.2 Å². The van der Waals surface area contributed by atoms with E-state index in [2.05, 4.69) is 47.2 Å². The van der Waals surface area contributed by atoms with E-state index in [0.29, 0.717) is 0 Å². The summed E-state index contributed by atoms with van der Waals surface area (Å²) in [5.74, 6) is -0.941. The number of carbonyl (C=O) groups is 2. The summed E-state index contributed by atoms with van der Waals surface area (Å²) in [4.78, 5) is 28.6. The molecule has 6 nitrogen and oxygen atoms in total. The Balaban J connectivity index is 0.00000363. The first kappa shape index (κ1) is 25.6. The molecule has 1 amide bonds. The number of hydrogen-bond acceptors (Lipinski definition) is 5. The quantitative estimate of drug-likeness (QED) is 0.434. The Labute approximate surface area is 191 Å². The molecule has 0 unspecified atom stereocenters. The standard InChI is InChI=1S/C25H32N2O4.CH4/c28-24(27-31-25(29)19-30-23-14-16-26-17-15-23)18-22-12-10-21(11-13-22)9-5-4-8-20-6-2-1-3-7-20;/h1-3,6-7,10-13,23,26H,4-5,8-9,14-19H2,(H,27,28);1H4. The average Bonchev–Trinajstić information content (AvgIpc) is 2.81. The summed E-state index contributed by atoms with van der Waals surface area (Å²) < 4.78 is 5.51. The van der Waals surface area contributed by atoms with Crippen molar-refractivity contribution in [2.24, 2.45) is 0 Å². The SMILES string of the molecule is C.O=C(Cc1ccc(CCCCc2ccccc2)cc1)NOC(=O)COC1CCNCC1. The first-order valence-corrected chi connectivity index (χ1v) is 11.1. The fourth-order valence-electron chi connectivity index (χ4n) is 3.64. The smallest absolute Gasteiger partial charge is 0.357 e. The molecule has 1 heterocycles. The second kappa shape index (κ2) is 14.4. The van der Waals surface area contributed by atoms with Crippen molar-refractivity contribution in [3.63, 3.8) is 0 Å². The first-order valence-electron chi connectivity index (χ1n) is 11.1. The van der Waals surface area contributed by atoms with Crippen LogP contribution < -0.4 is 10.8 Å². The largest absolute Gasteiger partial charge is 0.366 e. The van der Waals surface area contributed by atoms with E-state index in [-0.39, 0.29) is 32.5 Å². The van der Waals surface area contributed by atoms with Crippen LogP contribution >= 0.6 is 0 Å². The number of amides is 1. The van der Waals surface area contributed by atoms with E-state index in [9.17, 15) is 9.59 Å². The van der Waals surface area contributed by atoms with E-state index >= 15 is 0 Å². The molecule has 3 rings (SSSR count). The average molecular weight is 441 g/mol. The molecular weight excluding hydrogens is 404 g/mol. The molecule has 1 aliphatic rings. The van der Waals surface area contributed by atoms with Gasteiger partial charge < -0.3 is 14.9 Å². The maximum absolute atomic E-state index is 12.0. The van der Waals surface area contributed by atoms with Gasteiger partial charge in [0.25, 0.3) is 5.91 Å². The molecule has 0 radical (unpaired) electrons. The molecule has 1 aliphatic heterocycles. The van der Waals surface area contributed by atoms with Crippen molar-refractivity contribution in [2.75, 3.05) is 19.7 Å². The summed E-state index contributed by atoms with van der Waals surface area (Å²) in [6.45, 7) is 1.63. The zero-order valence-corrected chi connectivity index (χ0v) is 18.0. The van der Waals surface area contributed by atoms with Crippen LogP contribution in [0.2, 0.25) is 0 Å². The highest BCUT2D eigenvalue weighted by Crippen LogP contribution is 2.11. The Bertz CT molecular complexity index is 802. The first-order chi connectivity index (χ1) is 15.2. The normalized spacial score (nSPS) is 13.8. The number of benzene rings is 2. The van der Waals surface area contributed by atoms with Crippen LogP contribution in [0.15, 0.2) is 54.6 Å². The maximum atomic E-state index is 12.0. The summed E-state index contributed by atoms with van der Waals surface area (Å²) in [5, 5.41) is 3.23. The van der Waals surface area contributed by atoms with E-state index in [1.54, 1.807) is 0 Å². The minimum absolute atomic E-state index is 0. The van der Waals surface area contributed by atoms with Gasteiger partial charge in [-0.25, -0.2) is 4.79 Å². The maximum Gasteiger partial charge on any atom is 0.357 e. The molecule has 2 aromatic carbocycles. The van der Waals surface area contributed by atoms with Crippen molar-refractivity contribution in [3.8, 4) is 0 Å². The van der Waals surface area contributed by atoms with Crippen molar-refractivity contribution in [1.29, 1.82) is 0 Å². The second-order valence-electron chi connectivity index (χ2n) is 7.95. The molecule has 0 saturated carbocycles. The Morgan fingerprint density at radius 3 is 2.12 bits per heavy atom. The number of hydrogen-bond donors (Lipinski definition) is 2. The highest BCUT2D eigenvalue weighted by molar-refractivity contribution is 5.80. The summed E-state index contributed by atoms with van der Waals surface area (Å²) in [5.41, 5.74) is 5.73. The van der Waals surface area contributed by atoms with Gasteiger partial charge >= 0.3 is 5.97 Å². The number of ether oxygens (including phenoxy) is 1. The van der Waals surface area contributed by atoms with E-state index in [4.69, 9.17) is 9.57 Å². The van der Waals surface area contributed by atoms with Crippen LogP contribution in [0.5, 0.6) is 0 Å².